The number of nitrogens with zero attached hydrogens (tertiary/aromatic N) is 1. The molecular weight excluding hydrogens is 310 g/mol. The molecule has 136 valence electrons. The molecular formula is C22H31NO2. The molecule has 1 N–H and O–H groups in total. The predicted octanol–water partition coefficient (Wildman–Crippen LogP) is 4.26. The third-order valence-corrected chi connectivity index (χ3v) is 8.74. The third kappa shape index (κ3) is 2.29. The van der Waals surface area contributed by atoms with Crippen molar-refractivity contribution in [2.24, 2.45) is 40.4 Å². The number of hydrogen-bond acceptors (Lipinski definition) is 3. The lowest BCUT2D eigenvalue weighted by molar-refractivity contribution is -0.128. The Morgan fingerprint density at radius 3 is 2.72 bits per heavy atom. The summed E-state index contributed by atoms with van der Waals surface area (Å²) in [6, 6.07) is 2.47. The Balaban J connectivity index is 1.70. The van der Waals surface area contributed by atoms with E-state index in [2.05, 4.69) is 26.0 Å². The zero-order valence-electron chi connectivity index (χ0n) is 15.8. The van der Waals surface area contributed by atoms with Crippen molar-refractivity contribution in [2.45, 2.75) is 71.8 Å². The molecule has 25 heavy (non-hydrogen) atoms. The van der Waals surface area contributed by atoms with Gasteiger partial charge >= 0.3 is 0 Å². The van der Waals surface area contributed by atoms with Crippen LogP contribution in [0.2, 0.25) is 0 Å². The number of allylic oxidation sites excluding steroid dienone is 1. The summed E-state index contributed by atoms with van der Waals surface area (Å²) >= 11 is 0. The maximum absolute atomic E-state index is 12.4. The molecule has 4 rings (SSSR count). The first kappa shape index (κ1) is 17.3. The van der Waals surface area contributed by atoms with Crippen molar-refractivity contribution < 1.29 is 9.90 Å². The average Bonchev–Trinajstić information content (AvgIpc) is 2.88. The van der Waals surface area contributed by atoms with Gasteiger partial charge < -0.3 is 5.11 Å². The summed E-state index contributed by atoms with van der Waals surface area (Å²) in [5.41, 5.74) is 1.71. The van der Waals surface area contributed by atoms with Crippen molar-refractivity contribution >= 4 is 5.78 Å². The lowest BCUT2D eigenvalue weighted by atomic mass is 9.47. The van der Waals surface area contributed by atoms with E-state index in [0.29, 0.717) is 17.8 Å². The molecule has 0 aliphatic heterocycles. The van der Waals surface area contributed by atoms with Gasteiger partial charge in [-0.05, 0) is 80.5 Å². The number of hydrogen-bond donors (Lipinski definition) is 1. The first-order valence-corrected chi connectivity index (χ1v) is 10.1. The van der Waals surface area contributed by atoms with Gasteiger partial charge in [0, 0.05) is 5.92 Å². The molecule has 0 radical (unpaired) electrons. The number of Topliss-reactive ketones (excluding diaryl/α,β-unsaturated/α-hetero) is 1. The average molecular weight is 341 g/mol. The molecule has 0 aromatic rings. The largest absolute Gasteiger partial charge is 0.393 e. The molecule has 3 saturated carbocycles. The van der Waals surface area contributed by atoms with Crippen LogP contribution >= 0.6 is 0 Å². The fraction of sp³-hybridized carbons (Fsp3) is 0.818. The minimum Gasteiger partial charge on any atom is -0.393 e. The number of carbonyl (C=O) groups excluding carboxylic acids is 1. The van der Waals surface area contributed by atoms with Crippen molar-refractivity contribution in [3.63, 3.8) is 0 Å². The van der Waals surface area contributed by atoms with Crippen LogP contribution in [0.5, 0.6) is 0 Å². The molecule has 3 nitrogen and oxygen atoms in total. The van der Waals surface area contributed by atoms with E-state index < -0.39 is 0 Å². The van der Waals surface area contributed by atoms with Crippen molar-refractivity contribution in [1.29, 1.82) is 5.26 Å². The van der Waals surface area contributed by atoms with Crippen LogP contribution in [0, 0.1) is 51.8 Å². The second-order valence-electron chi connectivity index (χ2n) is 9.76. The van der Waals surface area contributed by atoms with Gasteiger partial charge in [-0.1, -0.05) is 25.5 Å². The van der Waals surface area contributed by atoms with E-state index in [9.17, 15) is 15.2 Å². The lowest BCUT2D eigenvalue weighted by Crippen LogP contribution is -2.51. The van der Waals surface area contributed by atoms with Gasteiger partial charge in [-0.25, -0.2) is 0 Å². The second kappa shape index (κ2) is 5.68. The highest BCUT2D eigenvalue weighted by Gasteiger charge is 2.62. The molecule has 0 heterocycles. The van der Waals surface area contributed by atoms with Crippen LogP contribution in [-0.4, -0.2) is 17.0 Å². The summed E-state index contributed by atoms with van der Waals surface area (Å²) < 4.78 is 0. The van der Waals surface area contributed by atoms with Gasteiger partial charge in [-0.3, -0.25) is 4.79 Å². The minimum atomic E-state index is -0.165. The zero-order chi connectivity index (χ0) is 18.0. The van der Waals surface area contributed by atoms with E-state index in [0.717, 1.165) is 38.5 Å². The highest BCUT2D eigenvalue weighted by atomic mass is 16.3. The van der Waals surface area contributed by atoms with Crippen LogP contribution in [0.1, 0.15) is 65.7 Å². The van der Waals surface area contributed by atoms with Crippen LogP contribution in [0.15, 0.2) is 11.6 Å². The van der Waals surface area contributed by atoms with E-state index in [4.69, 9.17) is 0 Å². The summed E-state index contributed by atoms with van der Waals surface area (Å²) in [4.78, 5) is 12.4. The molecule has 3 heteroatoms. The molecule has 4 unspecified atom stereocenters. The van der Waals surface area contributed by atoms with E-state index >= 15 is 0 Å². The smallest absolute Gasteiger partial charge is 0.134 e. The Kier molecular flexibility index (Phi) is 3.93. The third-order valence-electron chi connectivity index (χ3n) is 8.74. The number of carbonyl (C=O) groups is 1. The summed E-state index contributed by atoms with van der Waals surface area (Å²) in [6.07, 6.45) is 9.32. The standard InChI is InChI=1S/C22H31NO2/c1-13(24)20-14(12-23)10-19-17-5-4-15-11-16(25)6-8-21(15,2)18(17)7-9-22(19,20)3/h4,14,16-20,25H,5-11H2,1-3H3/t14-,16?,17?,18?,19?,20-,21-,22-/m0/s1. The fourth-order valence-corrected chi connectivity index (χ4v) is 7.56. The maximum Gasteiger partial charge on any atom is 0.134 e. The summed E-state index contributed by atoms with van der Waals surface area (Å²) in [7, 11) is 0. The van der Waals surface area contributed by atoms with Gasteiger partial charge in [-0.2, -0.15) is 5.26 Å². The molecule has 0 saturated heterocycles. The monoisotopic (exact) mass is 341 g/mol. The minimum absolute atomic E-state index is 0.00325. The Bertz CT molecular complexity index is 661. The Labute approximate surface area is 151 Å². The Morgan fingerprint density at radius 2 is 2.04 bits per heavy atom. The maximum atomic E-state index is 12.4. The van der Waals surface area contributed by atoms with Crippen molar-refractivity contribution in [2.75, 3.05) is 0 Å². The molecule has 3 fully saturated rings. The van der Waals surface area contributed by atoms with Crippen LogP contribution in [0.3, 0.4) is 0 Å². The molecule has 8 atom stereocenters. The van der Waals surface area contributed by atoms with Crippen LogP contribution in [0.4, 0.5) is 0 Å². The molecule has 4 aliphatic carbocycles. The Morgan fingerprint density at radius 1 is 1.28 bits per heavy atom. The molecule has 0 bridgehead atoms. The predicted molar refractivity (Wildman–Crippen MR) is 96.4 cm³/mol. The zero-order valence-corrected chi connectivity index (χ0v) is 15.8. The SMILES string of the molecule is CC(=O)[C@H]1[C@H](C#N)CC2C3CC=C4CC(O)CC[C@]4(C)C3CC[C@@]21C. The second-order valence-corrected chi connectivity index (χ2v) is 9.76. The van der Waals surface area contributed by atoms with Gasteiger partial charge in [-0.15, -0.1) is 0 Å². The molecule has 0 aromatic carbocycles. The van der Waals surface area contributed by atoms with Gasteiger partial charge in [0.15, 0.2) is 0 Å². The van der Waals surface area contributed by atoms with Gasteiger partial charge in [0.2, 0.25) is 0 Å². The van der Waals surface area contributed by atoms with Gasteiger partial charge in [0.1, 0.15) is 5.78 Å². The topological polar surface area (TPSA) is 61.1 Å². The normalized spacial score (nSPS) is 51.6. The molecule has 0 amide bonds. The molecule has 0 aromatic heterocycles. The highest BCUT2D eigenvalue weighted by molar-refractivity contribution is 5.80. The molecule has 0 spiro atoms. The van der Waals surface area contributed by atoms with Crippen molar-refractivity contribution in [3.05, 3.63) is 11.6 Å². The number of fused-ring (bicyclic) bond motifs is 5. The summed E-state index contributed by atoms with van der Waals surface area (Å²) in [6.45, 7) is 6.41. The van der Waals surface area contributed by atoms with Crippen LogP contribution < -0.4 is 0 Å². The Hall–Kier alpha value is -1.14. The number of aliphatic hydroxyl groups excluding tert-OH is 1. The van der Waals surface area contributed by atoms with Crippen LogP contribution in [0.25, 0.3) is 0 Å². The summed E-state index contributed by atoms with van der Waals surface area (Å²) in [5.74, 6) is 1.79. The van der Waals surface area contributed by atoms with Gasteiger partial charge in [0.25, 0.3) is 0 Å². The summed E-state index contributed by atoms with van der Waals surface area (Å²) in [5, 5.41) is 19.8. The number of rotatable bonds is 1. The van der Waals surface area contributed by atoms with Crippen molar-refractivity contribution in [1.82, 2.24) is 0 Å². The number of nitriles is 1. The van der Waals surface area contributed by atoms with Crippen LogP contribution in [-0.2, 0) is 4.79 Å². The number of aliphatic hydroxyl groups is 1. The first-order valence-electron chi connectivity index (χ1n) is 10.1. The van der Waals surface area contributed by atoms with E-state index in [-0.39, 0.29) is 34.6 Å². The van der Waals surface area contributed by atoms with Crippen molar-refractivity contribution in [3.8, 4) is 6.07 Å². The fourth-order valence-electron chi connectivity index (χ4n) is 7.56. The quantitative estimate of drug-likeness (QED) is 0.725. The van der Waals surface area contributed by atoms with E-state index in [1.165, 1.54) is 12.0 Å². The lowest BCUT2D eigenvalue weighted by Gasteiger charge is -2.57. The number of ketones is 1. The molecule has 4 aliphatic rings. The van der Waals surface area contributed by atoms with Gasteiger partial charge in [0.05, 0.1) is 18.1 Å². The first-order chi connectivity index (χ1) is 11.8. The highest BCUT2D eigenvalue weighted by Crippen LogP contribution is 2.67. The van der Waals surface area contributed by atoms with E-state index in [1.54, 1.807) is 6.92 Å². The van der Waals surface area contributed by atoms with E-state index in [1.807, 2.05) is 0 Å².